The highest BCUT2D eigenvalue weighted by Crippen LogP contribution is 2.17. The molecule has 8 nitrogen and oxygen atoms in total. The smallest absolute Gasteiger partial charge is 0.284 e. The summed E-state index contributed by atoms with van der Waals surface area (Å²) in [6.45, 7) is 8.42. The Hall–Kier alpha value is -3.10. The standard InChI is InChI=1S/C17H20FN7O/c1-5-24-15-13(10(3)7-11(4)21-15)16(26)22-17(24)23-19-8-12-9-20-25(6-2)14(12)18/h7-9H,5-6H2,1-4H3,(H,22,23,26). The molecule has 0 aromatic carbocycles. The summed E-state index contributed by atoms with van der Waals surface area (Å²) < 4.78 is 17.0. The molecule has 0 saturated carbocycles. The minimum Gasteiger partial charge on any atom is -0.295 e. The first-order chi connectivity index (χ1) is 12.5. The SMILES string of the molecule is CCn1ncc(C=NNc2nc(=O)c3c(C)cc(C)nc3n2CC)c1F. The van der Waals surface area contributed by atoms with Crippen molar-refractivity contribution in [1.82, 2.24) is 24.3 Å². The predicted molar refractivity (Wildman–Crippen MR) is 98.0 cm³/mol. The Morgan fingerprint density at radius 2 is 2.04 bits per heavy atom. The number of hydrazone groups is 1. The lowest BCUT2D eigenvalue weighted by Gasteiger charge is -2.13. The van der Waals surface area contributed by atoms with E-state index in [-0.39, 0.29) is 17.1 Å². The van der Waals surface area contributed by atoms with Gasteiger partial charge >= 0.3 is 0 Å². The van der Waals surface area contributed by atoms with Crippen molar-refractivity contribution in [2.75, 3.05) is 5.43 Å². The molecule has 9 heteroatoms. The van der Waals surface area contributed by atoms with Gasteiger partial charge in [0.1, 0.15) is 5.65 Å². The van der Waals surface area contributed by atoms with Gasteiger partial charge < -0.3 is 0 Å². The van der Waals surface area contributed by atoms with Crippen molar-refractivity contribution in [3.05, 3.63) is 45.4 Å². The number of pyridine rings is 1. The van der Waals surface area contributed by atoms with Gasteiger partial charge in [-0.25, -0.2) is 15.1 Å². The maximum absolute atomic E-state index is 14.0. The highest BCUT2D eigenvalue weighted by molar-refractivity contribution is 5.81. The molecule has 3 rings (SSSR count). The van der Waals surface area contributed by atoms with E-state index in [9.17, 15) is 9.18 Å². The van der Waals surface area contributed by atoms with Crippen molar-refractivity contribution < 1.29 is 4.39 Å². The fraction of sp³-hybridized carbons (Fsp3) is 0.353. The van der Waals surface area contributed by atoms with Gasteiger partial charge in [0.25, 0.3) is 5.56 Å². The van der Waals surface area contributed by atoms with Crippen LogP contribution in [0.2, 0.25) is 0 Å². The molecule has 0 amide bonds. The Morgan fingerprint density at radius 1 is 1.27 bits per heavy atom. The Balaban J connectivity index is 2.01. The minimum absolute atomic E-state index is 0.246. The number of anilines is 1. The number of fused-ring (bicyclic) bond motifs is 1. The second kappa shape index (κ2) is 7.03. The van der Waals surface area contributed by atoms with Crippen molar-refractivity contribution in [1.29, 1.82) is 0 Å². The number of halogens is 1. The third-order valence-electron chi connectivity index (χ3n) is 4.04. The predicted octanol–water partition coefficient (Wildman–Crippen LogP) is 2.23. The summed E-state index contributed by atoms with van der Waals surface area (Å²) >= 11 is 0. The first kappa shape index (κ1) is 17.7. The number of aryl methyl sites for hydroxylation is 4. The third-order valence-corrected chi connectivity index (χ3v) is 4.04. The fourth-order valence-corrected chi connectivity index (χ4v) is 2.83. The molecular weight excluding hydrogens is 337 g/mol. The van der Waals surface area contributed by atoms with Crippen LogP contribution in [0.15, 0.2) is 22.2 Å². The van der Waals surface area contributed by atoms with Gasteiger partial charge in [-0.2, -0.15) is 19.6 Å². The normalized spacial score (nSPS) is 11.6. The van der Waals surface area contributed by atoms with Crippen molar-refractivity contribution >= 4 is 23.2 Å². The second-order valence-corrected chi connectivity index (χ2v) is 5.84. The van der Waals surface area contributed by atoms with E-state index in [0.29, 0.717) is 24.1 Å². The van der Waals surface area contributed by atoms with E-state index in [1.807, 2.05) is 26.8 Å². The van der Waals surface area contributed by atoms with Gasteiger partial charge in [0, 0.05) is 18.8 Å². The molecule has 0 radical (unpaired) electrons. The van der Waals surface area contributed by atoms with E-state index < -0.39 is 5.95 Å². The monoisotopic (exact) mass is 357 g/mol. The van der Waals surface area contributed by atoms with Crippen LogP contribution in [-0.4, -0.2) is 30.5 Å². The van der Waals surface area contributed by atoms with E-state index in [1.165, 1.54) is 17.1 Å². The minimum atomic E-state index is -0.467. The van der Waals surface area contributed by atoms with Gasteiger partial charge in [-0.05, 0) is 39.3 Å². The van der Waals surface area contributed by atoms with Crippen LogP contribution >= 0.6 is 0 Å². The average molecular weight is 357 g/mol. The second-order valence-electron chi connectivity index (χ2n) is 5.84. The first-order valence-corrected chi connectivity index (χ1v) is 8.35. The van der Waals surface area contributed by atoms with E-state index in [1.54, 1.807) is 11.5 Å². The van der Waals surface area contributed by atoms with Crippen molar-refractivity contribution in [3.8, 4) is 0 Å². The molecule has 0 saturated heterocycles. The highest BCUT2D eigenvalue weighted by Gasteiger charge is 2.13. The average Bonchev–Trinajstić information content (AvgIpc) is 2.94. The molecule has 3 heterocycles. The summed E-state index contributed by atoms with van der Waals surface area (Å²) in [6, 6.07) is 1.85. The largest absolute Gasteiger partial charge is 0.295 e. The summed E-state index contributed by atoms with van der Waals surface area (Å²) in [7, 11) is 0. The van der Waals surface area contributed by atoms with Gasteiger partial charge in [0.05, 0.1) is 23.4 Å². The molecule has 0 aliphatic rings. The molecular formula is C17H20FN7O. The number of rotatable bonds is 5. The number of nitrogens with zero attached hydrogens (tertiary/aromatic N) is 6. The molecule has 3 aromatic heterocycles. The Bertz CT molecular complexity index is 1050. The molecule has 0 aliphatic carbocycles. The number of hydrogen-bond acceptors (Lipinski definition) is 6. The molecule has 26 heavy (non-hydrogen) atoms. The lowest BCUT2D eigenvalue weighted by molar-refractivity contribution is 0.470. The zero-order chi connectivity index (χ0) is 18.8. The molecule has 0 atom stereocenters. The van der Waals surface area contributed by atoms with Gasteiger partial charge in [-0.1, -0.05) is 0 Å². The summed E-state index contributed by atoms with van der Waals surface area (Å²) in [5, 5.41) is 8.40. The summed E-state index contributed by atoms with van der Waals surface area (Å²) in [4.78, 5) is 20.9. The van der Waals surface area contributed by atoms with Crippen molar-refractivity contribution in [2.24, 2.45) is 5.10 Å². The van der Waals surface area contributed by atoms with Gasteiger partial charge in [0.15, 0.2) is 0 Å². The van der Waals surface area contributed by atoms with Crippen molar-refractivity contribution in [3.63, 3.8) is 0 Å². The molecule has 1 N–H and O–H groups in total. The summed E-state index contributed by atoms with van der Waals surface area (Å²) in [6.07, 6.45) is 2.69. The highest BCUT2D eigenvalue weighted by atomic mass is 19.1. The summed E-state index contributed by atoms with van der Waals surface area (Å²) in [5.74, 6) is -0.215. The van der Waals surface area contributed by atoms with Crippen LogP contribution in [0.5, 0.6) is 0 Å². The number of aromatic nitrogens is 5. The number of hydrogen-bond donors (Lipinski definition) is 1. The molecule has 0 spiro atoms. The van der Waals surface area contributed by atoms with Crippen LogP contribution in [0.3, 0.4) is 0 Å². The maximum atomic E-state index is 14.0. The molecule has 0 fully saturated rings. The quantitative estimate of drug-likeness (QED) is 0.559. The van der Waals surface area contributed by atoms with E-state index in [0.717, 1.165) is 11.3 Å². The van der Waals surface area contributed by atoms with Crippen LogP contribution < -0.4 is 11.0 Å². The lowest BCUT2D eigenvalue weighted by Crippen LogP contribution is -2.19. The topological polar surface area (TPSA) is 90.0 Å². The molecule has 0 aliphatic heterocycles. The zero-order valence-electron chi connectivity index (χ0n) is 15.1. The van der Waals surface area contributed by atoms with Crippen LogP contribution in [-0.2, 0) is 13.1 Å². The third kappa shape index (κ3) is 3.07. The lowest BCUT2D eigenvalue weighted by atomic mass is 10.2. The van der Waals surface area contributed by atoms with Gasteiger partial charge in [0.2, 0.25) is 11.9 Å². The van der Waals surface area contributed by atoms with E-state index in [4.69, 9.17) is 0 Å². The number of nitrogens with one attached hydrogen (secondary N) is 1. The molecule has 0 unspecified atom stereocenters. The van der Waals surface area contributed by atoms with Gasteiger partial charge in [-0.15, -0.1) is 0 Å². The molecule has 3 aromatic rings. The zero-order valence-corrected chi connectivity index (χ0v) is 15.1. The van der Waals surface area contributed by atoms with Gasteiger partial charge in [-0.3, -0.25) is 9.36 Å². The summed E-state index contributed by atoms with van der Waals surface area (Å²) in [5.41, 5.74) is 4.78. The van der Waals surface area contributed by atoms with Crippen LogP contribution in [0.1, 0.15) is 30.7 Å². The van der Waals surface area contributed by atoms with Crippen LogP contribution in [0, 0.1) is 19.8 Å². The van der Waals surface area contributed by atoms with Crippen LogP contribution in [0.25, 0.3) is 11.0 Å². The molecule has 0 bridgehead atoms. The van der Waals surface area contributed by atoms with E-state index in [2.05, 4.69) is 25.6 Å². The Labute approximate surface area is 149 Å². The first-order valence-electron chi connectivity index (χ1n) is 8.35. The Morgan fingerprint density at radius 3 is 2.69 bits per heavy atom. The molecule has 136 valence electrons. The van der Waals surface area contributed by atoms with Crippen LogP contribution in [0.4, 0.5) is 10.3 Å². The van der Waals surface area contributed by atoms with E-state index >= 15 is 0 Å². The van der Waals surface area contributed by atoms with Crippen molar-refractivity contribution in [2.45, 2.75) is 40.8 Å². The maximum Gasteiger partial charge on any atom is 0.284 e. The fourth-order valence-electron chi connectivity index (χ4n) is 2.83. The Kier molecular flexibility index (Phi) is 4.79.